The molecule has 0 aliphatic carbocycles. The van der Waals surface area contributed by atoms with Crippen LogP contribution in [-0.2, 0) is 10.0 Å². The predicted octanol–water partition coefficient (Wildman–Crippen LogP) is 3.98. The fourth-order valence-corrected chi connectivity index (χ4v) is 3.93. The van der Waals surface area contributed by atoms with Gasteiger partial charge in [-0.1, -0.05) is 0 Å². The lowest BCUT2D eigenvalue weighted by molar-refractivity contribution is 0.0949. The van der Waals surface area contributed by atoms with Gasteiger partial charge in [-0.05, 0) is 88.8 Å². The SMILES string of the molecule is COc1ccc(NS(=O)(=O)c2ccc(NC(=S)NC(=O)c3ccc(Br)o3)cc2)cc1. The fourth-order valence-electron chi connectivity index (χ4n) is 2.35. The van der Waals surface area contributed by atoms with Crippen molar-refractivity contribution >= 4 is 60.6 Å². The quantitative estimate of drug-likeness (QED) is 0.431. The highest BCUT2D eigenvalue weighted by atomic mass is 79.9. The van der Waals surface area contributed by atoms with E-state index >= 15 is 0 Å². The molecule has 3 aromatic rings. The van der Waals surface area contributed by atoms with E-state index < -0.39 is 15.9 Å². The topological polar surface area (TPSA) is 110 Å². The van der Waals surface area contributed by atoms with Crippen molar-refractivity contribution in [3.8, 4) is 5.75 Å². The molecule has 0 atom stereocenters. The minimum atomic E-state index is -3.77. The number of benzene rings is 2. The second-order valence-corrected chi connectivity index (χ2v) is 8.74. The van der Waals surface area contributed by atoms with Gasteiger partial charge in [0, 0.05) is 11.4 Å². The fraction of sp³-hybridized carbons (Fsp3) is 0.0526. The second-order valence-electron chi connectivity index (χ2n) is 5.87. The van der Waals surface area contributed by atoms with E-state index in [1.165, 1.54) is 37.4 Å². The number of methoxy groups -OCH3 is 1. The van der Waals surface area contributed by atoms with Gasteiger partial charge in [-0.3, -0.25) is 14.8 Å². The van der Waals surface area contributed by atoms with Gasteiger partial charge in [-0.15, -0.1) is 0 Å². The van der Waals surface area contributed by atoms with Crippen LogP contribution >= 0.6 is 28.1 Å². The van der Waals surface area contributed by atoms with Gasteiger partial charge >= 0.3 is 0 Å². The molecule has 3 rings (SSSR count). The first-order valence-electron chi connectivity index (χ1n) is 8.41. The van der Waals surface area contributed by atoms with Crippen LogP contribution in [0.25, 0.3) is 0 Å². The summed E-state index contributed by atoms with van der Waals surface area (Å²) < 4.78 is 38.2. The van der Waals surface area contributed by atoms with Crippen molar-refractivity contribution in [2.75, 3.05) is 17.1 Å². The molecule has 0 aliphatic heterocycles. The molecule has 156 valence electrons. The monoisotopic (exact) mass is 509 g/mol. The van der Waals surface area contributed by atoms with Crippen molar-refractivity contribution in [1.82, 2.24) is 5.32 Å². The highest BCUT2D eigenvalue weighted by molar-refractivity contribution is 9.10. The number of halogens is 1. The van der Waals surface area contributed by atoms with Crippen molar-refractivity contribution in [1.29, 1.82) is 0 Å². The Bertz CT molecular complexity index is 1160. The number of thiocarbonyl (C=S) groups is 1. The highest BCUT2D eigenvalue weighted by Crippen LogP contribution is 2.20. The summed E-state index contributed by atoms with van der Waals surface area (Å²) >= 11 is 8.21. The molecule has 3 N–H and O–H groups in total. The van der Waals surface area contributed by atoms with Crippen molar-refractivity contribution in [2.45, 2.75) is 4.90 Å². The summed E-state index contributed by atoms with van der Waals surface area (Å²) in [7, 11) is -2.24. The zero-order valence-electron chi connectivity index (χ0n) is 15.5. The maximum absolute atomic E-state index is 12.5. The van der Waals surface area contributed by atoms with Gasteiger partial charge in [0.15, 0.2) is 15.5 Å². The maximum Gasteiger partial charge on any atom is 0.293 e. The molecule has 0 bridgehead atoms. The Morgan fingerprint density at radius 1 is 1.00 bits per heavy atom. The van der Waals surface area contributed by atoms with Crippen LogP contribution in [0.5, 0.6) is 5.75 Å². The minimum absolute atomic E-state index is 0.0412. The normalized spacial score (nSPS) is 10.9. The smallest absolute Gasteiger partial charge is 0.293 e. The molecule has 1 amide bonds. The van der Waals surface area contributed by atoms with E-state index in [4.69, 9.17) is 21.4 Å². The van der Waals surface area contributed by atoms with Crippen molar-refractivity contribution < 1.29 is 22.4 Å². The standard InChI is InChI=1S/C19H16BrN3O5S2/c1-27-14-6-2-13(3-7-14)23-30(25,26)15-8-4-12(5-9-15)21-19(29)22-18(24)16-10-11-17(20)28-16/h2-11,23H,1H3,(H2,21,22,24,29). The van der Waals surface area contributed by atoms with Crippen LogP contribution in [0.2, 0.25) is 0 Å². The lowest BCUT2D eigenvalue weighted by atomic mass is 10.3. The van der Waals surface area contributed by atoms with Crippen molar-refractivity contribution in [2.24, 2.45) is 0 Å². The van der Waals surface area contributed by atoms with Crippen LogP contribution in [-0.4, -0.2) is 26.5 Å². The summed E-state index contributed by atoms with van der Waals surface area (Å²) in [6.07, 6.45) is 0. The number of nitrogens with one attached hydrogen (secondary N) is 3. The third-order valence-electron chi connectivity index (χ3n) is 3.79. The molecule has 0 aliphatic rings. The van der Waals surface area contributed by atoms with E-state index in [9.17, 15) is 13.2 Å². The average molecular weight is 510 g/mol. The molecular formula is C19H16BrN3O5S2. The molecule has 30 heavy (non-hydrogen) atoms. The van der Waals surface area contributed by atoms with Gasteiger partial charge in [-0.2, -0.15) is 0 Å². The molecule has 1 aromatic heterocycles. The van der Waals surface area contributed by atoms with Crippen LogP contribution in [0.4, 0.5) is 11.4 Å². The Kier molecular flexibility index (Phi) is 6.75. The van der Waals surface area contributed by atoms with Gasteiger partial charge in [0.05, 0.1) is 12.0 Å². The number of carbonyl (C=O) groups is 1. The summed E-state index contributed by atoms with van der Waals surface area (Å²) in [5, 5.41) is 5.32. The maximum atomic E-state index is 12.5. The van der Waals surface area contributed by atoms with E-state index in [1.54, 1.807) is 30.3 Å². The van der Waals surface area contributed by atoms with Crippen molar-refractivity contribution in [3.05, 3.63) is 71.1 Å². The molecule has 0 unspecified atom stereocenters. The van der Waals surface area contributed by atoms with Gasteiger partial charge in [0.25, 0.3) is 15.9 Å². The Labute approximate surface area is 186 Å². The lowest BCUT2D eigenvalue weighted by Crippen LogP contribution is -2.33. The number of hydrogen-bond donors (Lipinski definition) is 3. The first kappa shape index (κ1) is 21.8. The summed E-state index contributed by atoms with van der Waals surface area (Å²) in [4.78, 5) is 12.1. The zero-order chi connectivity index (χ0) is 21.7. The highest BCUT2D eigenvalue weighted by Gasteiger charge is 2.15. The van der Waals surface area contributed by atoms with Crippen LogP contribution < -0.4 is 20.1 Å². The largest absolute Gasteiger partial charge is 0.497 e. The van der Waals surface area contributed by atoms with Crippen LogP contribution in [0.3, 0.4) is 0 Å². The summed E-state index contributed by atoms with van der Waals surface area (Å²) in [5.41, 5.74) is 0.913. The molecule has 0 saturated heterocycles. The Morgan fingerprint density at radius 2 is 1.63 bits per heavy atom. The molecular weight excluding hydrogens is 494 g/mol. The molecule has 0 saturated carbocycles. The summed E-state index contributed by atoms with van der Waals surface area (Å²) in [5.74, 6) is 0.203. The Balaban J connectivity index is 1.61. The third-order valence-corrected chi connectivity index (χ3v) is 5.82. The molecule has 0 spiro atoms. The molecule has 0 radical (unpaired) electrons. The first-order valence-corrected chi connectivity index (χ1v) is 11.1. The second kappa shape index (κ2) is 9.28. The molecule has 11 heteroatoms. The number of hydrogen-bond acceptors (Lipinski definition) is 6. The van der Waals surface area contributed by atoms with Gasteiger partial charge < -0.3 is 14.5 Å². The number of sulfonamides is 1. The molecule has 1 heterocycles. The van der Waals surface area contributed by atoms with Crippen LogP contribution in [0.1, 0.15) is 10.6 Å². The number of ether oxygens (including phenoxy) is 1. The van der Waals surface area contributed by atoms with E-state index in [0.717, 1.165) is 0 Å². The minimum Gasteiger partial charge on any atom is -0.497 e. The zero-order valence-corrected chi connectivity index (χ0v) is 18.7. The molecule has 0 fully saturated rings. The third kappa shape index (κ3) is 5.59. The average Bonchev–Trinajstić information content (AvgIpc) is 3.15. The Morgan fingerprint density at radius 3 is 2.20 bits per heavy atom. The summed E-state index contributed by atoms with van der Waals surface area (Å²) in [6, 6.07) is 15.5. The molecule has 8 nitrogen and oxygen atoms in total. The van der Waals surface area contributed by atoms with Crippen molar-refractivity contribution in [3.63, 3.8) is 0 Å². The summed E-state index contributed by atoms with van der Waals surface area (Å²) in [6.45, 7) is 0. The lowest BCUT2D eigenvalue weighted by Gasteiger charge is -2.11. The van der Waals surface area contributed by atoms with Gasteiger partial charge in [0.2, 0.25) is 0 Å². The number of anilines is 2. The number of carbonyl (C=O) groups excluding carboxylic acids is 1. The van der Waals surface area contributed by atoms with Crippen LogP contribution in [0.15, 0.2) is 74.6 Å². The van der Waals surface area contributed by atoms with E-state index in [0.29, 0.717) is 21.8 Å². The predicted molar refractivity (Wildman–Crippen MR) is 120 cm³/mol. The van der Waals surface area contributed by atoms with E-state index in [-0.39, 0.29) is 15.8 Å². The van der Waals surface area contributed by atoms with Gasteiger partial charge in [0.1, 0.15) is 5.75 Å². The number of amides is 1. The number of furan rings is 1. The number of rotatable bonds is 6. The Hall–Kier alpha value is -2.89. The molecule has 2 aromatic carbocycles. The van der Waals surface area contributed by atoms with E-state index in [2.05, 4.69) is 31.3 Å². The first-order chi connectivity index (χ1) is 14.3. The van der Waals surface area contributed by atoms with Crippen LogP contribution in [0, 0.1) is 0 Å². The van der Waals surface area contributed by atoms with Gasteiger partial charge in [-0.25, -0.2) is 8.42 Å². The van der Waals surface area contributed by atoms with E-state index in [1.807, 2.05) is 0 Å².